The molecule has 1 saturated heterocycles. The molecule has 8 nitrogen and oxygen atoms in total. The predicted molar refractivity (Wildman–Crippen MR) is 122 cm³/mol. The lowest BCUT2D eigenvalue weighted by atomic mass is 9.92. The molecular formula is C24H28ClN3O5. The predicted octanol–water partition coefficient (Wildman–Crippen LogP) is 2.67. The summed E-state index contributed by atoms with van der Waals surface area (Å²) in [5.74, 6) is 0.828. The maximum Gasteiger partial charge on any atom is 0.119 e. The van der Waals surface area contributed by atoms with E-state index in [-0.39, 0.29) is 19.6 Å². The molecule has 4 rings (SSSR count). The summed E-state index contributed by atoms with van der Waals surface area (Å²) in [6.45, 7) is 2.55. The summed E-state index contributed by atoms with van der Waals surface area (Å²) in [6, 6.07) is 13.6. The summed E-state index contributed by atoms with van der Waals surface area (Å²) in [6.07, 6.45) is -0.602. The van der Waals surface area contributed by atoms with Gasteiger partial charge in [0.1, 0.15) is 23.7 Å². The summed E-state index contributed by atoms with van der Waals surface area (Å²) in [5.41, 5.74) is 3.35. The number of nitrogens with zero attached hydrogens (tertiary/aromatic N) is 3. The Morgan fingerprint density at radius 1 is 1.18 bits per heavy atom. The van der Waals surface area contributed by atoms with Gasteiger partial charge in [-0.2, -0.15) is 0 Å². The van der Waals surface area contributed by atoms with Crippen molar-refractivity contribution in [2.24, 2.45) is 0 Å². The lowest BCUT2D eigenvalue weighted by Gasteiger charge is -2.37. The third-order valence-corrected chi connectivity index (χ3v) is 6.12. The van der Waals surface area contributed by atoms with Crippen molar-refractivity contribution < 1.29 is 24.8 Å². The molecule has 1 fully saturated rings. The first kappa shape index (κ1) is 23.7. The number of halogens is 1. The monoisotopic (exact) mass is 473 g/mol. The standard InChI is InChI=1S/C24H28ClN3O5/c1-2-32-19-6-3-15(4-7-19)9-17-10-16(5-8-20(17)25)22-11-21(30)24(31)23(33-22)13-28-12-18(14-29)26-27-28/h3-8,10,12,21-24,29-31H,2,9,11,13-14H2,1H3/t21-,22-,23-,24+/m1/s1. The van der Waals surface area contributed by atoms with Crippen LogP contribution in [-0.2, 0) is 24.3 Å². The summed E-state index contributed by atoms with van der Waals surface area (Å²) in [7, 11) is 0. The van der Waals surface area contributed by atoms with Crippen LogP contribution in [0.2, 0.25) is 5.02 Å². The van der Waals surface area contributed by atoms with Gasteiger partial charge in [-0.15, -0.1) is 5.10 Å². The van der Waals surface area contributed by atoms with Crippen LogP contribution in [-0.4, -0.2) is 55.2 Å². The molecule has 2 heterocycles. The molecule has 3 aromatic rings. The van der Waals surface area contributed by atoms with E-state index in [1.165, 1.54) is 4.68 Å². The fourth-order valence-electron chi connectivity index (χ4n) is 4.02. The first-order valence-electron chi connectivity index (χ1n) is 11.0. The van der Waals surface area contributed by atoms with E-state index in [0.717, 1.165) is 22.4 Å². The van der Waals surface area contributed by atoms with Crippen LogP contribution < -0.4 is 4.74 Å². The Morgan fingerprint density at radius 3 is 2.67 bits per heavy atom. The van der Waals surface area contributed by atoms with Crippen molar-refractivity contribution in [1.82, 2.24) is 15.0 Å². The summed E-state index contributed by atoms with van der Waals surface area (Å²) in [5, 5.41) is 38.6. The molecule has 0 saturated carbocycles. The van der Waals surface area contributed by atoms with Crippen molar-refractivity contribution in [3.8, 4) is 5.75 Å². The molecule has 1 aromatic heterocycles. The highest BCUT2D eigenvalue weighted by Gasteiger charge is 2.37. The quantitative estimate of drug-likeness (QED) is 0.461. The zero-order valence-electron chi connectivity index (χ0n) is 18.3. The fourth-order valence-corrected chi connectivity index (χ4v) is 4.21. The largest absolute Gasteiger partial charge is 0.494 e. The second-order valence-electron chi connectivity index (χ2n) is 8.15. The van der Waals surface area contributed by atoms with E-state index < -0.39 is 24.4 Å². The first-order chi connectivity index (χ1) is 16.0. The second-order valence-corrected chi connectivity index (χ2v) is 8.56. The molecule has 176 valence electrons. The number of aromatic nitrogens is 3. The molecule has 0 unspecified atom stereocenters. The zero-order valence-corrected chi connectivity index (χ0v) is 19.1. The molecule has 0 aliphatic carbocycles. The second kappa shape index (κ2) is 10.6. The van der Waals surface area contributed by atoms with Crippen molar-refractivity contribution in [2.45, 2.75) is 57.3 Å². The van der Waals surface area contributed by atoms with Crippen molar-refractivity contribution >= 4 is 11.6 Å². The number of aliphatic hydroxyl groups excluding tert-OH is 3. The van der Waals surface area contributed by atoms with Crippen LogP contribution in [0.15, 0.2) is 48.7 Å². The Balaban J connectivity index is 1.50. The molecule has 9 heteroatoms. The maximum absolute atomic E-state index is 10.5. The Kier molecular flexibility index (Phi) is 7.62. The number of hydrogen-bond donors (Lipinski definition) is 3. The van der Waals surface area contributed by atoms with Gasteiger partial charge in [-0.05, 0) is 48.2 Å². The molecule has 2 aromatic carbocycles. The molecule has 1 aliphatic rings. The van der Waals surface area contributed by atoms with Gasteiger partial charge >= 0.3 is 0 Å². The Bertz CT molecular complexity index is 1060. The molecule has 0 bridgehead atoms. The minimum Gasteiger partial charge on any atom is -0.494 e. The van der Waals surface area contributed by atoms with Crippen molar-refractivity contribution in [2.75, 3.05) is 6.61 Å². The smallest absolute Gasteiger partial charge is 0.119 e. The van der Waals surface area contributed by atoms with Crippen molar-refractivity contribution in [3.63, 3.8) is 0 Å². The zero-order chi connectivity index (χ0) is 23.4. The van der Waals surface area contributed by atoms with Crippen LogP contribution in [0.4, 0.5) is 0 Å². The molecule has 0 spiro atoms. The minimum absolute atomic E-state index is 0.203. The molecule has 33 heavy (non-hydrogen) atoms. The van der Waals surface area contributed by atoms with Gasteiger partial charge in [0.05, 0.1) is 38.2 Å². The van der Waals surface area contributed by atoms with Crippen LogP contribution in [0.5, 0.6) is 5.75 Å². The van der Waals surface area contributed by atoms with E-state index >= 15 is 0 Å². The van der Waals surface area contributed by atoms with Crippen LogP contribution in [0.1, 0.15) is 41.8 Å². The van der Waals surface area contributed by atoms with Gasteiger partial charge in [-0.25, -0.2) is 4.68 Å². The summed E-state index contributed by atoms with van der Waals surface area (Å²) >= 11 is 6.48. The van der Waals surface area contributed by atoms with Gasteiger partial charge in [0.15, 0.2) is 0 Å². The minimum atomic E-state index is -1.06. The van der Waals surface area contributed by atoms with Gasteiger partial charge < -0.3 is 24.8 Å². The number of rotatable bonds is 8. The maximum atomic E-state index is 10.5. The third-order valence-electron chi connectivity index (χ3n) is 5.76. The Hall–Kier alpha value is -2.49. The highest BCUT2D eigenvalue weighted by molar-refractivity contribution is 6.31. The summed E-state index contributed by atoms with van der Waals surface area (Å²) < 4.78 is 13.2. The average Bonchev–Trinajstić information content (AvgIpc) is 3.27. The number of aliphatic hydroxyl groups is 3. The third kappa shape index (κ3) is 5.72. The van der Waals surface area contributed by atoms with Crippen LogP contribution in [0.25, 0.3) is 0 Å². The van der Waals surface area contributed by atoms with Gasteiger partial charge in [0, 0.05) is 11.4 Å². The molecule has 0 radical (unpaired) electrons. The van der Waals surface area contributed by atoms with Crippen molar-refractivity contribution in [3.05, 3.63) is 76.1 Å². The van der Waals surface area contributed by atoms with Crippen LogP contribution in [0.3, 0.4) is 0 Å². The molecule has 0 amide bonds. The first-order valence-corrected chi connectivity index (χ1v) is 11.4. The average molecular weight is 474 g/mol. The van der Waals surface area contributed by atoms with Gasteiger partial charge in [-0.3, -0.25) is 0 Å². The van der Waals surface area contributed by atoms with Crippen molar-refractivity contribution in [1.29, 1.82) is 0 Å². The van der Waals surface area contributed by atoms with E-state index in [2.05, 4.69) is 10.3 Å². The van der Waals surface area contributed by atoms with E-state index in [4.69, 9.17) is 21.1 Å². The van der Waals surface area contributed by atoms with E-state index in [0.29, 0.717) is 23.7 Å². The topological polar surface area (TPSA) is 110 Å². The van der Waals surface area contributed by atoms with E-state index in [1.807, 2.05) is 49.4 Å². The summed E-state index contributed by atoms with van der Waals surface area (Å²) in [4.78, 5) is 0. The van der Waals surface area contributed by atoms with Gasteiger partial charge in [0.2, 0.25) is 0 Å². The SMILES string of the molecule is CCOc1ccc(Cc2cc([C@H]3C[C@@H](O)[C@H](O)[C@@H](Cn4cc(CO)nn4)O3)ccc2Cl)cc1. The lowest BCUT2D eigenvalue weighted by Crippen LogP contribution is -2.47. The van der Waals surface area contributed by atoms with E-state index in [1.54, 1.807) is 6.20 Å². The molecular weight excluding hydrogens is 446 g/mol. The normalized spacial score (nSPS) is 22.9. The fraction of sp³-hybridized carbons (Fsp3) is 0.417. The number of ether oxygens (including phenoxy) is 2. The Morgan fingerprint density at radius 2 is 1.97 bits per heavy atom. The number of hydrogen-bond acceptors (Lipinski definition) is 7. The van der Waals surface area contributed by atoms with Gasteiger partial charge in [0.25, 0.3) is 0 Å². The van der Waals surface area contributed by atoms with Crippen LogP contribution in [0, 0.1) is 0 Å². The molecule has 1 aliphatic heterocycles. The highest BCUT2D eigenvalue weighted by Crippen LogP contribution is 2.34. The lowest BCUT2D eigenvalue weighted by molar-refractivity contribution is -0.175. The Labute approximate surface area is 197 Å². The van der Waals surface area contributed by atoms with Crippen LogP contribution >= 0.6 is 11.6 Å². The van der Waals surface area contributed by atoms with Gasteiger partial charge in [-0.1, -0.05) is 41.1 Å². The number of benzene rings is 2. The highest BCUT2D eigenvalue weighted by atomic mass is 35.5. The molecule has 4 atom stereocenters. The van der Waals surface area contributed by atoms with E-state index in [9.17, 15) is 15.3 Å². The molecule has 3 N–H and O–H groups in total.